The molecule has 0 bridgehead atoms. The smallest absolute Gasteiger partial charge is 0.328 e. The van der Waals surface area contributed by atoms with Crippen molar-refractivity contribution in [3.05, 3.63) is 29.3 Å². The van der Waals surface area contributed by atoms with Crippen molar-refractivity contribution in [3.63, 3.8) is 0 Å². The minimum atomic E-state index is -4.23. The Morgan fingerprint density at radius 3 is 2.53 bits per heavy atom. The Balaban J connectivity index is 2.63. The normalized spacial score (nSPS) is 13.6. The second-order valence-corrected chi connectivity index (χ2v) is 5.90. The third-order valence-corrected chi connectivity index (χ3v) is 3.61. The zero-order valence-corrected chi connectivity index (χ0v) is 12.1. The van der Waals surface area contributed by atoms with Crippen LogP contribution in [0.25, 0.3) is 0 Å². The van der Waals surface area contributed by atoms with Crippen molar-refractivity contribution in [2.24, 2.45) is 5.73 Å². The summed E-state index contributed by atoms with van der Waals surface area (Å²) in [5, 5.41) is 0. The number of aryl methyl sites for hydroxylation is 2. The van der Waals surface area contributed by atoms with Gasteiger partial charge in [-0.2, -0.15) is 13.2 Å². The molecule has 1 rings (SSSR count). The highest BCUT2D eigenvalue weighted by Gasteiger charge is 2.29. The van der Waals surface area contributed by atoms with E-state index in [-0.39, 0.29) is 22.7 Å². The Hall–Kier alpha value is -0.680. The Labute approximate surface area is 116 Å². The third-order valence-electron chi connectivity index (χ3n) is 2.91. The summed E-state index contributed by atoms with van der Waals surface area (Å²) >= 11 is -0.0514. The van der Waals surface area contributed by atoms with E-state index in [0.29, 0.717) is 0 Å². The molecule has 0 saturated carbocycles. The lowest BCUT2D eigenvalue weighted by atomic mass is 10.0. The van der Waals surface area contributed by atoms with Crippen LogP contribution < -0.4 is 5.73 Å². The third kappa shape index (κ3) is 6.87. The summed E-state index contributed by atoms with van der Waals surface area (Å²) in [5.41, 5.74) is 3.42. The minimum absolute atomic E-state index is 0.0514. The first-order valence-corrected chi connectivity index (χ1v) is 7.23. The van der Waals surface area contributed by atoms with E-state index in [4.69, 9.17) is 5.73 Å². The quantitative estimate of drug-likeness (QED) is 0.771. The second-order valence-electron chi connectivity index (χ2n) is 4.76. The van der Waals surface area contributed by atoms with Gasteiger partial charge in [0.1, 0.15) is 0 Å². The first kappa shape index (κ1) is 16.4. The minimum Gasteiger partial charge on any atom is -0.328 e. The first-order valence-electron chi connectivity index (χ1n) is 6.42. The maximum absolute atomic E-state index is 12.4. The largest absolute Gasteiger partial charge is 0.446 e. The van der Waals surface area contributed by atoms with Crippen LogP contribution in [0.4, 0.5) is 13.2 Å². The van der Waals surface area contributed by atoms with Crippen LogP contribution in [0.1, 0.15) is 37.3 Å². The molecule has 0 aliphatic rings. The highest BCUT2D eigenvalue weighted by molar-refractivity contribution is 8.00. The van der Waals surface area contributed by atoms with Gasteiger partial charge in [0.05, 0.1) is 0 Å². The molecule has 19 heavy (non-hydrogen) atoms. The van der Waals surface area contributed by atoms with Gasteiger partial charge in [-0.3, -0.25) is 0 Å². The van der Waals surface area contributed by atoms with Crippen LogP contribution in [-0.2, 0) is 6.42 Å². The Morgan fingerprint density at radius 2 is 1.95 bits per heavy atom. The summed E-state index contributed by atoms with van der Waals surface area (Å²) in [6, 6.07) is 5.33. The molecule has 2 N–H and O–H groups in total. The van der Waals surface area contributed by atoms with E-state index < -0.39 is 5.51 Å². The molecule has 0 saturated heterocycles. The molecule has 1 aromatic carbocycles. The van der Waals surface area contributed by atoms with Crippen molar-refractivity contribution in [2.75, 3.05) is 0 Å². The highest BCUT2D eigenvalue weighted by Crippen LogP contribution is 2.37. The highest BCUT2D eigenvalue weighted by atomic mass is 32.2. The topological polar surface area (TPSA) is 26.0 Å². The molecule has 0 amide bonds. The number of benzene rings is 1. The van der Waals surface area contributed by atoms with Gasteiger partial charge >= 0.3 is 5.51 Å². The summed E-state index contributed by atoms with van der Waals surface area (Å²) in [6.45, 7) is 3.86. The fourth-order valence-electron chi connectivity index (χ4n) is 1.93. The van der Waals surface area contributed by atoms with Gasteiger partial charge in [-0.25, -0.2) is 0 Å². The van der Waals surface area contributed by atoms with Gasteiger partial charge in [0.15, 0.2) is 0 Å². The first-order chi connectivity index (χ1) is 8.80. The molecule has 5 heteroatoms. The maximum Gasteiger partial charge on any atom is 0.446 e. The standard InChI is InChI=1S/C14H20F3NS/c1-3-12(18)6-4-5-11-7-10(2)8-13(9-11)19-14(15,16)17/h7-9,12H,3-6,18H2,1-2H3. The summed E-state index contributed by atoms with van der Waals surface area (Å²) < 4.78 is 37.1. The molecule has 1 nitrogen and oxygen atoms in total. The van der Waals surface area contributed by atoms with E-state index in [1.54, 1.807) is 12.1 Å². The van der Waals surface area contributed by atoms with Gasteiger partial charge < -0.3 is 5.73 Å². The molecule has 0 aliphatic heterocycles. The molecule has 0 radical (unpaired) electrons. The monoisotopic (exact) mass is 291 g/mol. The average molecular weight is 291 g/mol. The lowest BCUT2D eigenvalue weighted by Gasteiger charge is -2.11. The van der Waals surface area contributed by atoms with Crippen molar-refractivity contribution in [3.8, 4) is 0 Å². The average Bonchev–Trinajstić information content (AvgIpc) is 2.25. The maximum atomic E-state index is 12.4. The van der Waals surface area contributed by atoms with Crippen LogP contribution in [0.15, 0.2) is 23.1 Å². The molecule has 1 aromatic rings. The van der Waals surface area contributed by atoms with E-state index in [1.165, 1.54) is 0 Å². The van der Waals surface area contributed by atoms with Crippen LogP contribution in [0.3, 0.4) is 0 Å². The number of alkyl halides is 3. The summed E-state index contributed by atoms with van der Waals surface area (Å²) in [7, 11) is 0. The number of halogens is 3. The number of hydrogen-bond donors (Lipinski definition) is 1. The summed E-state index contributed by atoms with van der Waals surface area (Å²) in [4.78, 5) is 0.266. The number of hydrogen-bond acceptors (Lipinski definition) is 2. The van der Waals surface area contributed by atoms with Gasteiger partial charge in [-0.05, 0) is 67.6 Å². The Morgan fingerprint density at radius 1 is 1.26 bits per heavy atom. The van der Waals surface area contributed by atoms with Gasteiger partial charge in [0, 0.05) is 10.9 Å². The van der Waals surface area contributed by atoms with Gasteiger partial charge in [-0.1, -0.05) is 13.0 Å². The zero-order valence-electron chi connectivity index (χ0n) is 11.3. The molecule has 0 aliphatic carbocycles. The van der Waals surface area contributed by atoms with Crippen LogP contribution >= 0.6 is 11.8 Å². The Bertz CT molecular complexity index is 404. The molecular formula is C14H20F3NS. The second kappa shape index (κ2) is 7.20. The van der Waals surface area contributed by atoms with E-state index in [2.05, 4.69) is 0 Å². The summed E-state index contributed by atoms with van der Waals surface area (Å²) in [6.07, 6.45) is 3.53. The lowest BCUT2D eigenvalue weighted by molar-refractivity contribution is -0.0328. The zero-order chi connectivity index (χ0) is 14.5. The molecule has 108 valence electrons. The van der Waals surface area contributed by atoms with Crippen LogP contribution in [0, 0.1) is 6.92 Å². The van der Waals surface area contributed by atoms with Crippen LogP contribution in [0.2, 0.25) is 0 Å². The summed E-state index contributed by atoms with van der Waals surface area (Å²) in [5.74, 6) is 0. The number of thioether (sulfide) groups is 1. The van der Waals surface area contributed by atoms with Crippen molar-refractivity contribution in [1.82, 2.24) is 0 Å². The molecule has 0 fully saturated rings. The molecule has 0 spiro atoms. The van der Waals surface area contributed by atoms with E-state index in [1.807, 2.05) is 19.9 Å². The van der Waals surface area contributed by atoms with Crippen molar-refractivity contribution >= 4 is 11.8 Å². The van der Waals surface area contributed by atoms with E-state index in [9.17, 15) is 13.2 Å². The van der Waals surface area contributed by atoms with E-state index in [0.717, 1.165) is 36.8 Å². The molecule has 0 heterocycles. The predicted molar refractivity (Wildman–Crippen MR) is 74.3 cm³/mol. The molecule has 1 atom stereocenters. The fraction of sp³-hybridized carbons (Fsp3) is 0.571. The molecule has 0 aromatic heterocycles. The SMILES string of the molecule is CCC(N)CCCc1cc(C)cc(SC(F)(F)F)c1. The lowest BCUT2D eigenvalue weighted by Crippen LogP contribution is -2.18. The van der Waals surface area contributed by atoms with Gasteiger partial charge in [-0.15, -0.1) is 0 Å². The molecule has 1 unspecified atom stereocenters. The Kier molecular flexibility index (Phi) is 6.20. The van der Waals surface area contributed by atoms with Crippen molar-refractivity contribution < 1.29 is 13.2 Å². The van der Waals surface area contributed by atoms with Gasteiger partial charge in [0.25, 0.3) is 0 Å². The number of nitrogens with two attached hydrogens (primary N) is 1. The number of rotatable bonds is 6. The van der Waals surface area contributed by atoms with Gasteiger partial charge in [0.2, 0.25) is 0 Å². The fourth-order valence-corrected chi connectivity index (χ4v) is 2.66. The molecular weight excluding hydrogens is 271 g/mol. The van der Waals surface area contributed by atoms with E-state index >= 15 is 0 Å². The van der Waals surface area contributed by atoms with Crippen molar-refractivity contribution in [1.29, 1.82) is 0 Å². The predicted octanol–water partition coefficient (Wildman–Crippen LogP) is 4.67. The van der Waals surface area contributed by atoms with Crippen molar-refractivity contribution in [2.45, 2.75) is 56.0 Å². The van der Waals surface area contributed by atoms with Crippen LogP contribution in [0.5, 0.6) is 0 Å². The van der Waals surface area contributed by atoms with Crippen LogP contribution in [-0.4, -0.2) is 11.6 Å².